The number of nitrogens with zero attached hydrogens (tertiary/aromatic N) is 3. The van der Waals surface area contributed by atoms with E-state index in [1.165, 1.54) is 0 Å². The van der Waals surface area contributed by atoms with E-state index in [4.69, 9.17) is 4.74 Å². The third-order valence-corrected chi connectivity index (χ3v) is 6.88. The fraction of sp³-hybridized carbons (Fsp3) is 0.259. The van der Waals surface area contributed by atoms with Crippen molar-refractivity contribution in [1.29, 1.82) is 0 Å². The zero-order valence-electron chi connectivity index (χ0n) is 19.2. The van der Waals surface area contributed by atoms with Crippen molar-refractivity contribution in [3.05, 3.63) is 72.1 Å². The second kappa shape index (κ2) is 7.97. The van der Waals surface area contributed by atoms with Gasteiger partial charge >= 0.3 is 0 Å². The van der Waals surface area contributed by atoms with Crippen LogP contribution in [-0.2, 0) is 27.4 Å². The molecule has 4 heterocycles. The Morgan fingerprint density at radius 2 is 1.35 bits per heavy atom. The second-order valence-corrected chi connectivity index (χ2v) is 9.12. The number of fused-ring (bicyclic) bond motifs is 12. The average molecular weight is 455 g/mol. The first-order valence-corrected chi connectivity index (χ1v) is 11.6. The van der Waals surface area contributed by atoms with Crippen molar-refractivity contribution in [3.63, 3.8) is 0 Å². The van der Waals surface area contributed by atoms with Crippen LogP contribution in [0.25, 0.3) is 33.0 Å². The van der Waals surface area contributed by atoms with Crippen molar-refractivity contribution in [1.82, 2.24) is 19.4 Å². The fourth-order valence-corrected chi connectivity index (χ4v) is 5.26. The predicted molar refractivity (Wildman–Crippen MR) is 132 cm³/mol. The maximum absolute atomic E-state index is 13.2. The van der Waals surface area contributed by atoms with Gasteiger partial charge in [-0.15, -0.1) is 0 Å². The summed E-state index contributed by atoms with van der Waals surface area (Å²) < 4.78 is 10.6. The standard InChI is InChI=1S/C27H26N4O3/c1-29(2)23-11-12-30-15-19(17-7-3-5-9-21(17)30)24-25(27(33)28-26(24)32)20-16-31(13-14-34-23)22-10-6-4-8-18(20)22/h3-10,15-16,23H,11-14H2,1-2H3,(H,28,32,33). The summed E-state index contributed by atoms with van der Waals surface area (Å²) in [7, 11) is 4.06. The zero-order chi connectivity index (χ0) is 23.4. The lowest BCUT2D eigenvalue weighted by Gasteiger charge is -2.25. The van der Waals surface area contributed by atoms with Crippen LogP contribution in [0.2, 0.25) is 0 Å². The SMILES string of the molecule is CN(C)C1CCn2cc(c3ccccc32)C2=C(C(=O)NC2=O)c2cn(c3ccccc23)CCO1. The van der Waals surface area contributed by atoms with E-state index in [0.717, 1.165) is 45.9 Å². The number of hydrogen-bond acceptors (Lipinski definition) is 4. The molecule has 2 aliphatic heterocycles. The molecule has 4 bridgehead atoms. The van der Waals surface area contributed by atoms with Gasteiger partial charge in [0.05, 0.1) is 17.8 Å². The summed E-state index contributed by atoms with van der Waals surface area (Å²) >= 11 is 0. The monoisotopic (exact) mass is 454 g/mol. The molecule has 0 radical (unpaired) electrons. The summed E-state index contributed by atoms with van der Waals surface area (Å²) in [6.07, 6.45) is 4.74. The number of rotatable bonds is 1. The molecule has 6 rings (SSSR count). The van der Waals surface area contributed by atoms with Crippen LogP contribution in [0, 0.1) is 0 Å². The Balaban J connectivity index is 1.66. The van der Waals surface area contributed by atoms with Gasteiger partial charge in [-0.25, -0.2) is 0 Å². The van der Waals surface area contributed by atoms with Gasteiger partial charge in [0, 0.05) is 64.8 Å². The third kappa shape index (κ3) is 3.20. The quantitative estimate of drug-likeness (QED) is 0.447. The first-order valence-electron chi connectivity index (χ1n) is 11.6. The molecular formula is C27H26N4O3. The molecule has 7 nitrogen and oxygen atoms in total. The van der Waals surface area contributed by atoms with E-state index in [-0.39, 0.29) is 18.0 Å². The van der Waals surface area contributed by atoms with Crippen LogP contribution in [0.1, 0.15) is 17.5 Å². The molecular weight excluding hydrogens is 428 g/mol. The van der Waals surface area contributed by atoms with Gasteiger partial charge in [0.15, 0.2) is 0 Å². The summed E-state index contributed by atoms with van der Waals surface area (Å²) in [4.78, 5) is 28.4. The van der Waals surface area contributed by atoms with Crippen molar-refractivity contribution in [3.8, 4) is 0 Å². The summed E-state index contributed by atoms with van der Waals surface area (Å²) in [5.41, 5.74) is 4.48. The Bertz CT molecular complexity index is 1490. The highest BCUT2D eigenvalue weighted by atomic mass is 16.5. The Labute approximate surface area is 197 Å². The summed E-state index contributed by atoms with van der Waals surface area (Å²) in [6, 6.07) is 16.0. The van der Waals surface area contributed by atoms with Gasteiger partial charge in [0.2, 0.25) is 0 Å². The number of aromatic nitrogens is 2. The lowest BCUT2D eigenvalue weighted by atomic mass is 9.95. The number of aryl methyl sites for hydroxylation is 1. The predicted octanol–water partition coefficient (Wildman–Crippen LogP) is 3.47. The smallest absolute Gasteiger partial charge is 0.259 e. The molecule has 0 aliphatic carbocycles. The number of carbonyl (C=O) groups excluding carboxylic acids is 2. The minimum atomic E-state index is -0.351. The molecule has 1 unspecified atom stereocenters. The molecule has 7 heteroatoms. The molecule has 0 fully saturated rings. The van der Waals surface area contributed by atoms with Crippen LogP contribution < -0.4 is 5.32 Å². The van der Waals surface area contributed by atoms with Gasteiger partial charge in [-0.1, -0.05) is 36.4 Å². The lowest BCUT2D eigenvalue weighted by Crippen LogP contribution is -2.32. The van der Waals surface area contributed by atoms with E-state index in [0.29, 0.717) is 24.3 Å². The van der Waals surface area contributed by atoms with Gasteiger partial charge in [-0.05, 0) is 26.2 Å². The number of para-hydroxylation sites is 2. The highest BCUT2D eigenvalue weighted by Gasteiger charge is 2.35. The van der Waals surface area contributed by atoms with Gasteiger partial charge in [0.25, 0.3) is 11.8 Å². The molecule has 1 atom stereocenters. The zero-order valence-corrected chi connectivity index (χ0v) is 19.2. The Hall–Kier alpha value is -3.68. The highest BCUT2D eigenvalue weighted by molar-refractivity contribution is 6.50. The molecule has 2 amide bonds. The van der Waals surface area contributed by atoms with E-state index < -0.39 is 0 Å². The number of carbonyl (C=O) groups is 2. The minimum absolute atomic E-state index is 0.0417. The van der Waals surface area contributed by atoms with Crippen LogP contribution in [0.4, 0.5) is 0 Å². The number of amides is 2. The summed E-state index contributed by atoms with van der Waals surface area (Å²) in [5.74, 6) is -0.697. The third-order valence-electron chi connectivity index (χ3n) is 6.88. The molecule has 34 heavy (non-hydrogen) atoms. The van der Waals surface area contributed by atoms with Crippen LogP contribution in [0.3, 0.4) is 0 Å². The largest absolute Gasteiger partial charge is 0.361 e. The lowest BCUT2D eigenvalue weighted by molar-refractivity contribution is -0.122. The average Bonchev–Trinajstić information content (AvgIpc) is 3.46. The van der Waals surface area contributed by atoms with Crippen LogP contribution in [-0.4, -0.2) is 52.8 Å². The van der Waals surface area contributed by atoms with Crippen LogP contribution >= 0.6 is 0 Å². The number of nitrogens with one attached hydrogen (secondary N) is 1. The normalized spacial score (nSPS) is 19.1. The molecule has 2 aromatic carbocycles. The molecule has 0 spiro atoms. The van der Waals surface area contributed by atoms with Crippen molar-refractivity contribution >= 4 is 44.8 Å². The van der Waals surface area contributed by atoms with Crippen LogP contribution in [0.15, 0.2) is 60.9 Å². The molecule has 4 aromatic rings. The summed E-state index contributed by atoms with van der Waals surface area (Å²) in [6.45, 7) is 1.92. The minimum Gasteiger partial charge on any atom is -0.361 e. The molecule has 2 aliphatic rings. The van der Waals surface area contributed by atoms with E-state index in [1.54, 1.807) is 0 Å². The maximum atomic E-state index is 13.2. The van der Waals surface area contributed by atoms with Crippen molar-refractivity contribution in [2.75, 3.05) is 20.7 Å². The number of ether oxygens (including phenoxy) is 1. The first kappa shape index (κ1) is 20.9. The fourth-order valence-electron chi connectivity index (χ4n) is 5.26. The maximum Gasteiger partial charge on any atom is 0.259 e. The van der Waals surface area contributed by atoms with E-state index in [1.807, 2.05) is 69.0 Å². The number of imide groups is 1. The van der Waals surface area contributed by atoms with Crippen molar-refractivity contribution < 1.29 is 14.3 Å². The Morgan fingerprint density at radius 3 is 1.91 bits per heavy atom. The second-order valence-electron chi connectivity index (χ2n) is 9.12. The Morgan fingerprint density at radius 1 is 0.824 bits per heavy atom. The van der Waals surface area contributed by atoms with E-state index in [9.17, 15) is 9.59 Å². The van der Waals surface area contributed by atoms with Crippen LogP contribution in [0.5, 0.6) is 0 Å². The highest BCUT2D eigenvalue weighted by Crippen LogP contribution is 2.39. The molecule has 0 saturated carbocycles. The summed E-state index contributed by atoms with van der Waals surface area (Å²) in [5, 5.41) is 4.46. The molecule has 172 valence electrons. The number of hydrogen-bond donors (Lipinski definition) is 1. The first-order chi connectivity index (χ1) is 16.5. The Kier molecular flexibility index (Phi) is 4.90. The van der Waals surface area contributed by atoms with Gasteiger partial charge < -0.3 is 13.9 Å². The molecule has 0 saturated heterocycles. The number of benzene rings is 2. The van der Waals surface area contributed by atoms with Crippen molar-refractivity contribution in [2.45, 2.75) is 25.7 Å². The molecule has 1 N–H and O–H groups in total. The molecule has 2 aromatic heterocycles. The van der Waals surface area contributed by atoms with Gasteiger partial charge in [0.1, 0.15) is 6.23 Å². The van der Waals surface area contributed by atoms with E-state index in [2.05, 4.69) is 25.4 Å². The van der Waals surface area contributed by atoms with Gasteiger partial charge in [-0.2, -0.15) is 0 Å². The van der Waals surface area contributed by atoms with Crippen molar-refractivity contribution in [2.24, 2.45) is 0 Å². The topological polar surface area (TPSA) is 68.5 Å². The van der Waals surface area contributed by atoms with E-state index >= 15 is 0 Å². The van der Waals surface area contributed by atoms with Gasteiger partial charge in [-0.3, -0.25) is 19.8 Å².